The Bertz CT molecular complexity index is 748. The number of hydrogen-bond acceptors (Lipinski definition) is 8. The van der Waals surface area contributed by atoms with E-state index in [2.05, 4.69) is 46.3 Å². The van der Waals surface area contributed by atoms with Gasteiger partial charge in [0.25, 0.3) is 0 Å². The van der Waals surface area contributed by atoms with Crippen LogP contribution in [0.4, 0.5) is 5.95 Å². The molecule has 10 heteroatoms. The van der Waals surface area contributed by atoms with Crippen LogP contribution in [0.2, 0.25) is 0 Å². The third kappa shape index (κ3) is 3.17. The molecule has 0 amide bonds. The van der Waals surface area contributed by atoms with Gasteiger partial charge in [0.15, 0.2) is 0 Å². The molecule has 0 fully saturated rings. The van der Waals surface area contributed by atoms with E-state index in [9.17, 15) is 0 Å². The molecule has 3 aromatic rings. The van der Waals surface area contributed by atoms with Crippen LogP contribution >= 0.6 is 27.7 Å². The van der Waals surface area contributed by atoms with Crippen molar-refractivity contribution in [3.8, 4) is 5.95 Å². The molecule has 0 unspecified atom stereocenters. The van der Waals surface area contributed by atoms with E-state index in [-0.39, 0.29) is 5.95 Å². The van der Waals surface area contributed by atoms with Gasteiger partial charge < -0.3 is 0 Å². The van der Waals surface area contributed by atoms with E-state index in [1.165, 1.54) is 11.8 Å². The van der Waals surface area contributed by atoms with Crippen molar-refractivity contribution in [1.82, 2.24) is 29.5 Å². The van der Waals surface area contributed by atoms with E-state index in [0.717, 1.165) is 9.50 Å². The first-order valence-corrected chi connectivity index (χ1v) is 7.36. The van der Waals surface area contributed by atoms with Gasteiger partial charge in [-0.15, -0.1) is 0 Å². The van der Waals surface area contributed by atoms with Gasteiger partial charge in [-0.25, -0.2) is 15.8 Å². The van der Waals surface area contributed by atoms with Crippen molar-refractivity contribution in [2.45, 2.75) is 10.2 Å². The molecule has 0 aliphatic rings. The molecule has 0 atom stereocenters. The van der Waals surface area contributed by atoms with Crippen molar-refractivity contribution >= 4 is 33.6 Å². The third-order valence-electron chi connectivity index (χ3n) is 2.38. The first-order chi connectivity index (χ1) is 10.3. The Balaban J connectivity index is 1.99. The maximum atomic E-state index is 5.40. The first kappa shape index (κ1) is 13.9. The lowest BCUT2D eigenvalue weighted by atomic mass is 10.5. The summed E-state index contributed by atoms with van der Waals surface area (Å²) in [5.74, 6) is 6.09. The third-order valence-corrected chi connectivity index (χ3v) is 4.17. The lowest BCUT2D eigenvalue weighted by Crippen LogP contribution is -2.13. The standard InChI is InChI=1S/C11H9BrN8S/c12-7-2-1-3-15-8(7)21-11-17-9(19-13)16-10(18-11)20-5-4-14-6-20/h1-6H,13H2,(H,16,17,18,19). The van der Waals surface area contributed by atoms with Crippen LogP contribution in [0.3, 0.4) is 0 Å². The molecule has 0 aliphatic carbocycles. The van der Waals surface area contributed by atoms with Crippen LogP contribution in [0.1, 0.15) is 0 Å². The van der Waals surface area contributed by atoms with Crippen molar-refractivity contribution in [3.63, 3.8) is 0 Å². The minimum absolute atomic E-state index is 0.267. The minimum Gasteiger partial charge on any atom is -0.292 e. The van der Waals surface area contributed by atoms with E-state index in [0.29, 0.717) is 11.1 Å². The number of nitrogens with zero attached hydrogens (tertiary/aromatic N) is 6. The summed E-state index contributed by atoms with van der Waals surface area (Å²) in [4.78, 5) is 21.0. The summed E-state index contributed by atoms with van der Waals surface area (Å²) in [6, 6.07) is 3.74. The Morgan fingerprint density at radius 2 is 2.14 bits per heavy atom. The lowest BCUT2D eigenvalue weighted by Gasteiger charge is -2.06. The van der Waals surface area contributed by atoms with Crippen LogP contribution in [0, 0.1) is 0 Å². The van der Waals surface area contributed by atoms with Crippen LogP contribution in [0.25, 0.3) is 5.95 Å². The van der Waals surface area contributed by atoms with Crippen LogP contribution in [-0.4, -0.2) is 29.5 Å². The zero-order valence-corrected chi connectivity index (χ0v) is 12.9. The zero-order valence-electron chi connectivity index (χ0n) is 10.5. The Kier molecular flexibility index (Phi) is 4.08. The predicted octanol–water partition coefficient (Wildman–Crippen LogP) is 1.65. The average Bonchev–Trinajstić information content (AvgIpc) is 3.04. The molecule has 3 aromatic heterocycles. The highest BCUT2D eigenvalue weighted by atomic mass is 79.9. The Hall–Kier alpha value is -2.04. The number of anilines is 1. The predicted molar refractivity (Wildman–Crippen MR) is 80.8 cm³/mol. The number of pyridine rings is 1. The Morgan fingerprint density at radius 3 is 2.86 bits per heavy atom. The Morgan fingerprint density at radius 1 is 1.24 bits per heavy atom. The van der Waals surface area contributed by atoms with Crippen molar-refractivity contribution in [1.29, 1.82) is 0 Å². The van der Waals surface area contributed by atoms with Crippen molar-refractivity contribution in [3.05, 3.63) is 41.5 Å². The molecular formula is C11H9BrN8S. The van der Waals surface area contributed by atoms with Gasteiger partial charge in [0.05, 0.1) is 4.47 Å². The summed E-state index contributed by atoms with van der Waals surface area (Å²) in [5.41, 5.74) is 2.43. The molecule has 106 valence electrons. The van der Waals surface area contributed by atoms with E-state index < -0.39 is 0 Å². The fraction of sp³-hybridized carbons (Fsp3) is 0. The van der Waals surface area contributed by atoms with Crippen LogP contribution < -0.4 is 11.3 Å². The van der Waals surface area contributed by atoms with Crippen molar-refractivity contribution in [2.24, 2.45) is 5.84 Å². The first-order valence-electron chi connectivity index (χ1n) is 5.75. The Labute approximate surface area is 132 Å². The normalized spacial score (nSPS) is 10.6. The molecule has 8 nitrogen and oxygen atoms in total. The smallest absolute Gasteiger partial charge is 0.242 e. The fourth-order valence-electron chi connectivity index (χ4n) is 1.48. The molecule has 0 saturated carbocycles. The summed E-state index contributed by atoms with van der Waals surface area (Å²) >= 11 is 4.74. The quantitative estimate of drug-likeness (QED) is 0.531. The van der Waals surface area contributed by atoms with Crippen LogP contribution in [0.5, 0.6) is 0 Å². The number of nitrogens with one attached hydrogen (secondary N) is 1. The molecule has 0 aromatic carbocycles. The van der Waals surface area contributed by atoms with E-state index in [1.807, 2.05) is 12.1 Å². The molecule has 0 bridgehead atoms. The number of rotatable bonds is 4. The van der Waals surface area contributed by atoms with Gasteiger partial charge in [-0.3, -0.25) is 9.99 Å². The van der Waals surface area contributed by atoms with Crippen LogP contribution in [0.15, 0.2) is 51.7 Å². The summed E-state index contributed by atoms with van der Waals surface area (Å²) < 4.78 is 2.53. The van der Waals surface area contributed by atoms with Gasteiger partial charge in [0, 0.05) is 18.6 Å². The summed E-state index contributed by atoms with van der Waals surface area (Å²) in [6.07, 6.45) is 6.68. The molecule has 0 saturated heterocycles. The highest BCUT2D eigenvalue weighted by molar-refractivity contribution is 9.10. The second-order valence-corrected chi connectivity index (χ2v) is 5.56. The summed E-state index contributed by atoms with van der Waals surface area (Å²) in [6.45, 7) is 0. The zero-order chi connectivity index (χ0) is 14.7. The number of aromatic nitrogens is 6. The largest absolute Gasteiger partial charge is 0.292 e. The number of nitrogen functional groups attached to an aromatic ring is 1. The van der Waals surface area contributed by atoms with Gasteiger partial charge in [-0.05, 0) is 39.8 Å². The maximum absolute atomic E-state index is 5.40. The summed E-state index contributed by atoms with van der Waals surface area (Å²) in [7, 11) is 0. The average molecular weight is 365 g/mol. The number of hydrogen-bond donors (Lipinski definition) is 2. The second kappa shape index (κ2) is 6.16. The van der Waals surface area contributed by atoms with E-state index >= 15 is 0 Å². The number of halogens is 1. The van der Waals surface area contributed by atoms with Gasteiger partial charge >= 0.3 is 0 Å². The number of nitrogens with two attached hydrogens (primary N) is 1. The van der Waals surface area contributed by atoms with Gasteiger partial charge in [-0.2, -0.15) is 15.0 Å². The second-order valence-electron chi connectivity index (χ2n) is 3.75. The van der Waals surface area contributed by atoms with E-state index in [1.54, 1.807) is 29.5 Å². The van der Waals surface area contributed by atoms with E-state index in [4.69, 9.17) is 5.84 Å². The molecule has 0 spiro atoms. The SMILES string of the molecule is NNc1nc(Sc2ncccc2Br)nc(-n2ccnc2)n1. The van der Waals surface area contributed by atoms with Crippen molar-refractivity contribution in [2.75, 3.05) is 5.43 Å². The number of imidazole rings is 1. The molecular weight excluding hydrogens is 356 g/mol. The molecule has 21 heavy (non-hydrogen) atoms. The minimum atomic E-state index is 0.267. The number of hydrazine groups is 1. The molecule has 3 N–H and O–H groups in total. The molecule has 3 rings (SSSR count). The topological polar surface area (TPSA) is 107 Å². The highest BCUT2D eigenvalue weighted by Crippen LogP contribution is 2.29. The van der Waals surface area contributed by atoms with Crippen molar-refractivity contribution < 1.29 is 0 Å². The lowest BCUT2D eigenvalue weighted by molar-refractivity contribution is 0.823. The van der Waals surface area contributed by atoms with Crippen LogP contribution in [-0.2, 0) is 0 Å². The van der Waals surface area contributed by atoms with Gasteiger partial charge in [0.2, 0.25) is 17.1 Å². The van der Waals surface area contributed by atoms with Gasteiger partial charge in [-0.1, -0.05) is 0 Å². The summed E-state index contributed by atoms with van der Waals surface area (Å²) in [5, 5.41) is 1.23. The molecule has 0 radical (unpaired) electrons. The maximum Gasteiger partial charge on any atom is 0.242 e. The van der Waals surface area contributed by atoms with Gasteiger partial charge in [0.1, 0.15) is 11.4 Å². The molecule has 3 heterocycles. The fourth-order valence-corrected chi connectivity index (χ4v) is 2.69. The highest BCUT2D eigenvalue weighted by Gasteiger charge is 2.11. The monoisotopic (exact) mass is 364 g/mol. The molecule has 0 aliphatic heterocycles.